The van der Waals surface area contributed by atoms with Gasteiger partial charge in [0.25, 0.3) is 0 Å². The molecule has 10 heteroatoms. The van der Waals surface area contributed by atoms with Crippen molar-refractivity contribution in [3.05, 3.63) is 59.4 Å². The first-order valence-electron chi connectivity index (χ1n) is 13.1. The summed E-state index contributed by atoms with van der Waals surface area (Å²) in [7, 11) is 0. The standard InChI is InChI=1S/C28H32ClN7O2/c1-20-30-24-7-2-21(18-26(24)36(20)9-8-34-10-14-37-15-11-34)25-19-27(31-23-5-3-22(29)4-6-23)33-28(32-25)35-12-16-38-17-13-35/h2-7,18-19H,8-17H2,1H3,(H,31,32,33). The van der Waals surface area contributed by atoms with Crippen molar-refractivity contribution in [1.82, 2.24) is 24.4 Å². The number of anilines is 3. The van der Waals surface area contributed by atoms with E-state index in [0.717, 1.165) is 92.1 Å². The highest BCUT2D eigenvalue weighted by molar-refractivity contribution is 6.30. The minimum Gasteiger partial charge on any atom is -0.379 e. The fourth-order valence-electron chi connectivity index (χ4n) is 4.98. The number of aromatic nitrogens is 4. The SMILES string of the molecule is Cc1nc2ccc(-c3cc(Nc4ccc(Cl)cc4)nc(N4CCOCC4)n3)cc2n1CCN1CCOCC1. The van der Waals surface area contributed by atoms with Crippen LogP contribution in [0.2, 0.25) is 5.02 Å². The Balaban J connectivity index is 1.34. The van der Waals surface area contributed by atoms with Gasteiger partial charge in [-0.15, -0.1) is 0 Å². The number of nitrogens with one attached hydrogen (secondary N) is 1. The third-order valence-corrected chi connectivity index (χ3v) is 7.36. The van der Waals surface area contributed by atoms with E-state index in [9.17, 15) is 0 Å². The molecule has 2 aliphatic rings. The normalized spacial score (nSPS) is 16.7. The Kier molecular flexibility index (Phi) is 7.42. The number of benzene rings is 2. The first-order chi connectivity index (χ1) is 18.6. The summed E-state index contributed by atoms with van der Waals surface area (Å²) in [5, 5.41) is 4.13. The maximum absolute atomic E-state index is 6.09. The van der Waals surface area contributed by atoms with Crippen molar-refractivity contribution in [1.29, 1.82) is 0 Å². The Bertz CT molecular complexity index is 1400. The van der Waals surface area contributed by atoms with Crippen LogP contribution in [-0.2, 0) is 16.0 Å². The Morgan fingerprint density at radius 1 is 0.842 bits per heavy atom. The van der Waals surface area contributed by atoms with Crippen LogP contribution in [0.5, 0.6) is 0 Å². The van der Waals surface area contributed by atoms with Crippen molar-refractivity contribution >= 4 is 40.1 Å². The highest BCUT2D eigenvalue weighted by atomic mass is 35.5. The maximum Gasteiger partial charge on any atom is 0.228 e. The first-order valence-corrected chi connectivity index (χ1v) is 13.5. The molecule has 6 rings (SSSR count). The zero-order valence-electron chi connectivity index (χ0n) is 21.6. The van der Waals surface area contributed by atoms with Gasteiger partial charge in [0.1, 0.15) is 11.6 Å². The summed E-state index contributed by atoms with van der Waals surface area (Å²) < 4.78 is 13.4. The quantitative estimate of drug-likeness (QED) is 0.375. The second-order valence-corrected chi connectivity index (χ2v) is 10.1. The van der Waals surface area contributed by atoms with Gasteiger partial charge in [-0.3, -0.25) is 4.90 Å². The maximum atomic E-state index is 6.09. The van der Waals surface area contributed by atoms with E-state index in [1.807, 2.05) is 30.3 Å². The molecule has 4 heterocycles. The van der Waals surface area contributed by atoms with Gasteiger partial charge in [0.05, 0.1) is 43.2 Å². The van der Waals surface area contributed by atoms with Crippen LogP contribution in [0.1, 0.15) is 5.82 Å². The molecule has 1 N–H and O–H groups in total. The molecule has 2 saturated heterocycles. The van der Waals surface area contributed by atoms with Crippen molar-refractivity contribution in [3.8, 4) is 11.3 Å². The summed E-state index contributed by atoms with van der Waals surface area (Å²) in [5.41, 5.74) is 4.92. The monoisotopic (exact) mass is 533 g/mol. The molecule has 198 valence electrons. The van der Waals surface area contributed by atoms with Crippen LogP contribution in [0.15, 0.2) is 48.5 Å². The topological polar surface area (TPSA) is 80.6 Å². The summed E-state index contributed by atoms with van der Waals surface area (Å²) in [6, 6.07) is 16.0. The lowest BCUT2D eigenvalue weighted by molar-refractivity contribution is 0.0364. The minimum absolute atomic E-state index is 0.668. The number of hydrogen-bond donors (Lipinski definition) is 1. The Morgan fingerprint density at radius 3 is 2.34 bits per heavy atom. The number of nitrogens with zero attached hydrogens (tertiary/aromatic N) is 6. The number of aryl methyl sites for hydroxylation is 1. The Hall–Kier alpha value is -3.24. The van der Waals surface area contributed by atoms with Crippen LogP contribution in [0.25, 0.3) is 22.3 Å². The van der Waals surface area contributed by atoms with Crippen LogP contribution in [0.3, 0.4) is 0 Å². The molecular weight excluding hydrogens is 502 g/mol. The van der Waals surface area contributed by atoms with E-state index in [2.05, 4.69) is 44.8 Å². The lowest BCUT2D eigenvalue weighted by Crippen LogP contribution is -2.38. The van der Waals surface area contributed by atoms with Crippen molar-refractivity contribution in [2.24, 2.45) is 0 Å². The van der Waals surface area contributed by atoms with E-state index in [4.69, 9.17) is 36.0 Å². The minimum atomic E-state index is 0.668. The smallest absolute Gasteiger partial charge is 0.228 e. The fraction of sp³-hybridized carbons (Fsp3) is 0.393. The van der Waals surface area contributed by atoms with E-state index in [1.54, 1.807) is 0 Å². The summed E-state index contributed by atoms with van der Waals surface area (Å²) in [5.74, 6) is 2.45. The van der Waals surface area contributed by atoms with E-state index in [0.29, 0.717) is 24.2 Å². The van der Waals surface area contributed by atoms with Gasteiger partial charge in [0.2, 0.25) is 5.95 Å². The van der Waals surface area contributed by atoms with Crippen LogP contribution in [0, 0.1) is 6.92 Å². The number of morpholine rings is 2. The van der Waals surface area contributed by atoms with Crippen LogP contribution >= 0.6 is 11.6 Å². The largest absolute Gasteiger partial charge is 0.379 e. The van der Waals surface area contributed by atoms with Crippen molar-refractivity contribution < 1.29 is 9.47 Å². The molecule has 2 fully saturated rings. The number of halogens is 1. The lowest BCUT2D eigenvalue weighted by atomic mass is 10.1. The summed E-state index contributed by atoms with van der Waals surface area (Å²) in [6.07, 6.45) is 0. The number of rotatable bonds is 7. The molecule has 4 aromatic rings. The predicted molar refractivity (Wildman–Crippen MR) is 151 cm³/mol. The molecule has 0 atom stereocenters. The molecule has 2 aliphatic heterocycles. The molecule has 0 radical (unpaired) electrons. The number of hydrogen-bond acceptors (Lipinski definition) is 8. The number of imidazole rings is 1. The molecule has 0 spiro atoms. The fourth-order valence-corrected chi connectivity index (χ4v) is 5.11. The first kappa shape index (κ1) is 25.1. The van der Waals surface area contributed by atoms with Crippen molar-refractivity contribution in [2.75, 3.05) is 69.4 Å². The lowest BCUT2D eigenvalue weighted by Gasteiger charge is -2.27. The van der Waals surface area contributed by atoms with Gasteiger partial charge in [-0.1, -0.05) is 17.7 Å². The summed E-state index contributed by atoms with van der Waals surface area (Å²) in [4.78, 5) is 19.3. The highest BCUT2D eigenvalue weighted by Gasteiger charge is 2.18. The second kappa shape index (κ2) is 11.2. The molecule has 0 bridgehead atoms. The zero-order valence-corrected chi connectivity index (χ0v) is 22.3. The second-order valence-electron chi connectivity index (χ2n) is 9.64. The van der Waals surface area contributed by atoms with Crippen LogP contribution in [-0.4, -0.2) is 83.6 Å². The van der Waals surface area contributed by atoms with E-state index < -0.39 is 0 Å². The third-order valence-electron chi connectivity index (χ3n) is 7.10. The van der Waals surface area contributed by atoms with E-state index >= 15 is 0 Å². The average Bonchev–Trinajstić information content (AvgIpc) is 3.28. The van der Waals surface area contributed by atoms with Gasteiger partial charge in [-0.2, -0.15) is 4.98 Å². The average molecular weight is 534 g/mol. The van der Waals surface area contributed by atoms with Crippen LogP contribution in [0.4, 0.5) is 17.5 Å². The van der Waals surface area contributed by atoms with Crippen molar-refractivity contribution in [3.63, 3.8) is 0 Å². The molecular formula is C28H32ClN7O2. The van der Waals surface area contributed by atoms with Gasteiger partial charge in [0.15, 0.2) is 0 Å². The molecule has 0 aliphatic carbocycles. The molecule has 38 heavy (non-hydrogen) atoms. The van der Waals surface area contributed by atoms with Crippen LogP contribution < -0.4 is 10.2 Å². The van der Waals surface area contributed by atoms with Gasteiger partial charge < -0.3 is 24.3 Å². The van der Waals surface area contributed by atoms with Crippen molar-refractivity contribution in [2.45, 2.75) is 13.5 Å². The molecule has 0 saturated carbocycles. The summed E-state index contributed by atoms with van der Waals surface area (Å²) in [6.45, 7) is 10.4. The molecule has 2 aromatic carbocycles. The molecule has 9 nitrogen and oxygen atoms in total. The number of fused-ring (bicyclic) bond motifs is 1. The van der Waals surface area contributed by atoms with Gasteiger partial charge in [0, 0.05) is 61.6 Å². The molecule has 2 aromatic heterocycles. The zero-order chi connectivity index (χ0) is 25.9. The highest BCUT2D eigenvalue weighted by Crippen LogP contribution is 2.29. The predicted octanol–water partition coefficient (Wildman–Crippen LogP) is 4.37. The summed E-state index contributed by atoms with van der Waals surface area (Å²) >= 11 is 6.09. The molecule has 0 unspecified atom stereocenters. The van der Waals surface area contributed by atoms with Gasteiger partial charge in [-0.25, -0.2) is 9.97 Å². The molecule has 0 amide bonds. The van der Waals surface area contributed by atoms with Gasteiger partial charge >= 0.3 is 0 Å². The number of ether oxygens (including phenoxy) is 2. The Morgan fingerprint density at radius 2 is 1.58 bits per heavy atom. The van der Waals surface area contributed by atoms with E-state index in [1.165, 1.54) is 0 Å². The third kappa shape index (κ3) is 5.61. The Labute approximate surface area is 227 Å². The van der Waals surface area contributed by atoms with Gasteiger partial charge in [-0.05, 0) is 43.3 Å². The van der Waals surface area contributed by atoms with E-state index in [-0.39, 0.29) is 0 Å².